The first-order valence-electron chi connectivity index (χ1n) is 5.66. The van der Waals surface area contributed by atoms with Gasteiger partial charge in [-0.2, -0.15) is 0 Å². The number of pyridine rings is 1. The molecule has 0 spiro atoms. The Labute approximate surface area is 94.2 Å². The molecule has 0 aromatic carbocycles. The molecule has 2 bridgehead atoms. The maximum absolute atomic E-state index is 5.76. The van der Waals surface area contributed by atoms with Crippen LogP contribution in [0.25, 0.3) is 0 Å². The van der Waals surface area contributed by atoms with Gasteiger partial charge >= 0.3 is 0 Å². The molecule has 3 heterocycles. The Balaban J connectivity index is 1.72. The van der Waals surface area contributed by atoms with Crippen LogP contribution in [-0.4, -0.2) is 23.2 Å². The summed E-state index contributed by atoms with van der Waals surface area (Å²) in [4.78, 5) is 4.21. The summed E-state index contributed by atoms with van der Waals surface area (Å²) in [5, 5.41) is 3.37. The molecule has 2 aliphatic heterocycles. The number of hydrogen-bond donors (Lipinski definition) is 3. The van der Waals surface area contributed by atoms with Crippen LogP contribution >= 0.6 is 0 Å². The second-order valence-electron chi connectivity index (χ2n) is 4.53. The summed E-state index contributed by atoms with van der Waals surface area (Å²) in [6.45, 7) is 0. The van der Waals surface area contributed by atoms with Crippen molar-refractivity contribution in [2.75, 3.05) is 16.8 Å². The molecule has 3 atom stereocenters. The highest BCUT2D eigenvalue weighted by Crippen LogP contribution is 2.35. The van der Waals surface area contributed by atoms with E-state index in [0.29, 0.717) is 29.8 Å². The number of rotatable bonds is 2. The fourth-order valence-electron chi connectivity index (χ4n) is 2.55. The van der Waals surface area contributed by atoms with Gasteiger partial charge in [0.2, 0.25) is 0 Å². The number of fused-ring (bicyclic) bond motifs is 2. The summed E-state index contributed by atoms with van der Waals surface area (Å²) in [5.74, 6) is 1.17. The molecule has 3 rings (SSSR count). The second kappa shape index (κ2) is 3.52. The van der Waals surface area contributed by atoms with Crippen LogP contribution in [-0.2, 0) is 4.74 Å². The smallest absolute Gasteiger partial charge is 0.149 e. The molecule has 0 aliphatic carbocycles. The predicted molar refractivity (Wildman–Crippen MR) is 63.0 cm³/mol. The molecule has 2 saturated heterocycles. The molecule has 0 amide bonds. The minimum absolute atomic E-state index is 0.338. The zero-order valence-electron chi connectivity index (χ0n) is 9.02. The third-order valence-electron chi connectivity index (χ3n) is 3.40. The van der Waals surface area contributed by atoms with E-state index in [4.69, 9.17) is 16.2 Å². The highest BCUT2D eigenvalue weighted by atomic mass is 16.5. The van der Waals surface area contributed by atoms with Gasteiger partial charge in [-0.15, -0.1) is 0 Å². The Morgan fingerprint density at radius 3 is 2.81 bits per heavy atom. The molecule has 0 saturated carbocycles. The van der Waals surface area contributed by atoms with Crippen molar-refractivity contribution in [3.05, 3.63) is 12.1 Å². The van der Waals surface area contributed by atoms with E-state index in [1.807, 2.05) is 6.07 Å². The van der Waals surface area contributed by atoms with Crippen molar-refractivity contribution in [3.8, 4) is 0 Å². The van der Waals surface area contributed by atoms with Crippen LogP contribution in [0.15, 0.2) is 12.1 Å². The maximum atomic E-state index is 5.76. The third-order valence-corrected chi connectivity index (χ3v) is 3.40. The van der Waals surface area contributed by atoms with Crippen molar-refractivity contribution in [2.45, 2.75) is 37.5 Å². The van der Waals surface area contributed by atoms with E-state index in [2.05, 4.69) is 10.3 Å². The van der Waals surface area contributed by atoms with Gasteiger partial charge in [0.05, 0.1) is 23.9 Å². The molecule has 5 N–H and O–H groups in total. The number of anilines is 3. The topological polar surface area (TPSA) is 86.2 Å². The Bertz CT molecular complexity index is 409. The van der Waals surface area contributed by atoms with E-state index >= 15 is 0 Å². The third kappa shape index (κ3) is 1.57. The van der Waals surface area contributed by atoms with E-state index < -0.39 is 0 Å². The van der Waals surface area contributed by atoms with Crippen molar-refractivity contribution in [1.82, 2.24) is 4.98 Å². The summed E-state index contributed by atoms with van der Waals surface area (Å²) >= 11 is 0. The highest BCUT2D eigenvalue weighted by molar-refractivity contribution is 5.61. The van der Waals surface area contributed by atoms with Gasteiger partial charge in [-0.25, -0.2) is 4.98 Å². The lowest BCUT2D eigenvalue weighted by molar-refractivity contribution is 0.102. The van der Waals surface area contributed by atoms with Crippen molar-refractivity contribution in [1.29, 1.82) is 0 Å². The van der Waals surface area contributed by atoms with Crippen LogP contribution in [0.3, 0.4) is 0 Å². The fraction of sp³-hybridized carbons (Fsp3) is 0.545. The monoisotopic (exact) mass is 220 g/mol. The van der Waals surface area contributed by atoms with Gasteiger partial charge in [0.1, 0.15) is 11.6 Å². The van der Waals surface area contributed by atoms with Crippen molar-refractivity contribution >= 4 is 17.3 Å². The summed E-state index contributed by atoms with van der Waals surface area (Å²) in [5.41, 5.74) is 11.8. The van der Waals surface area contributed by atoms with Crippen molar-refractivity contribution in [3.63, 3.8) is 0 Å². The summed E-state index contributed by atoms with van der Waals surface area (Å²) in [7, 11) is 0. The largest absolute Gasteiger partial charge is 0.396 e. The average molecular weight is 220 g/mol. The van der Waals surface area contributed by atoms with Gasteiger partial charge in [-0.1, -0.05) is 0 Å². The zero-order chi connectivity index (χ0) is 11.1. The predicted octanol–water partition coefficient (Wildman–Crippen LogP) is 0.978. The molecular weight excluding hydrogens is 204 g/mol. The van der Waals surface area contributed by atoms with Gasteiger partial charge in [-0.05, 0) is 31.4 Å². The van der Waals surface area contributed by atoms with E-state index in [0.717, 1.165) is 18.7 Å². The summed E-state index contributed by atoms with van der Waals surface area (Å²) < 4.78 is 5.76. The first-order valence-corrected chi connectivity index (χ1v) is 5.66. The number of aromatic nitrogens is 1. The SMILES string of the molecule is Nc1ccc(NC2CC3CCC2O3)nc1N. The van der Waals surface area contributed by atoms with E-state index in [-0.39, 0.29) is 0 Å². The van der Waals surface area contributed by atoms with Crippen LogP contribution in [0.4, 0.5) is 17.3 Å². The van der Waals surface area contributed by atoms with Crippen molar-refractivity contribution in [2.24, 2.45) is 0 Å². The zero-order valence-corrected chi connectivity index (χ0v) is 9.02. The molecule has 1 aromatic heterocycles. The quantitative estimate of drug-likeness (QED) is 0.691. The Hall–Kier alpha value is -1.49. The normalized spacial score (nSPS) is 31.9. The van der Waals surface area contributed by atoms with E-state index in [1.54, 1.807) is 6.07 Å². The fourth-order valence-corrected chi connectivity index (χ4v) is 2.55. The minimum atomic E-state index is 0.338. The lowest BCUT2D eigenvalue weighted by Gasteiger charge is -2.20. The number of ether oxygens (including phenoxy) is 1. The molecule has 5 nitrogen and oxygen atoms in total. The van der Waals surface area contributed by atoms with Crippen LogP contribution in [0.5, 0.6) is 0 Å². The molecule has 16 heavy (non-hydrogen) atoms. The molecule has 2 fully saturated rings. The van der Waals surface area contributed by atoms with Crippen LogP contribution < -0.4 is 16.8 Å². The second-order valence-corrected chi connectivity index (χ2v) is 4.53. The first kappa shape index (κ1) is 9.72. The molecule has 3 unspecified atom stereocenters. The highest BCUT2D eigenvalue weighted by Gasteiger charge is 2.40. The standard InChI is InChI=1S/C11H16N4O/c12-7-2-4-10(15-11(7)13)14-8-5-6-1-3-9(8)16-6/h2,4,6,8-9H,1,3,5,12H2,(H3,13,14,15). The Morgan fingerprint density at radius 2 is 2.19 bits per heavy atom. The maximum Gasteiger partial charge on any atom is 0.149 e. The van der Waals surface area contributed by atoms with Gasteiger partial charge in [0.15, 0.2) is 0 Å². The summed E-state index contributed by atoms with van der Waals surface area (Å²) in [6, 6.07) is 4.01. The van der Waals surface area contributed by atoms with Gasteiger partial charge in [0, 0.05) is 0 Å². The number of nitrogens with zero attached hydrogens (tertiary/aromatic N) is 1. The molecule has 2 aliphatic rings. The van der Waals surface area contributed by atoms with Crippen LogP contribution in [0.2, 0.25) is 0 Å². The average Bonchev–Trinajstić information content (AvgIpc) is 2.85. The Kier molecular flexibility index (Phi) is 2.14. The number of nitrogens with one attached hydrogen (secondary N) is 1. The lowest BCUT2D eigenvalue weighted by atomic mass is 9.95. The number of nitrogens with two attached hydrogens (primary N) is 2. The van der Waals surface area contributed by atoms with Gasteiger partial charge in [-0.3, -0.25) is 0 Å². The van der Waals surface area contributed by atoms with Crippen LogP contribution in [0, 0.1) is 0 Å². The number of hydrogen-bond acceptors (Lipinski definition) is 5. The molecular formula is C11H16N4O. The lowest BCUT2D eigenvalue weighted by Crippen LogP contribution is -2.30. The number of nitrogen functional groups attached to an aromatic ring is 2. The molecule has 0 radical (unpaired) electrons. The van der Waals surface area contributed by atoms with Gasteiger partial charge < -0.3 is 21.5 Å². The Morgan fingerprint density at radius 1 is 1.31 bits per heavy atom. The molecule has 86 valence electrons. The molecule has 1 aromatic rings. The van der Waals surface area contributed by atoms with Crippen LogP contribution in [0.1, 0.15) is 19.3 Å². The minimum Gasteiger partial charge on any atom is -0.396 e. The molecule has 5 heteroatoms. The van der Waals surface area contributed by atoms with Crippen molar-refractivity contribution < 1.29 is 4.74 Å². The van der Waals surface area contributed by atoms with Gasteiger partial charge in [0.25, 0.3) is 0 Å². The van der Waals surface area contributed by atoms with E-state index in [9.17, 15) is 0 Å². The van der Waals surface area contributed by atoms with E-state index in [1.165, 1.54) is 6.42 Å². The summed E-state index contributed by atoms with van der Waals surface area (Å²) in [6.07, 6.45) is 4.18. The first-order chi connectivity index (χ1) is 7.72.